The number of hydrogen-bond donors (Lipinski definition) is 1. The van der Waals surface area contributed by atoms with E-state index in [-0.39, 0.29) is 0 Å². The predicted octanol–water partition coefficient (Wildman–Crippen LogP) is 3.01. The van der Waals surface area contributed by atoms with Gasteiger partial charge >= 0.3 is 0 Å². The van der Waals surface area contributed by atoms with Crippen molar-refractivity contribution in [3.05, 3.63) is 41.7 Å². The van der Waals surface area contributed by atoms with Crippen LogP contribution in [0.2, 0.25) is 0 Å². The molecule has 0 saturated heterocycles. The van der Waals surface area contributed by atoms with Crippen LogP contribution in [-0.4, -0.2) is 10.1 Å². The Hall–Kier alpha value is -1.15. The SMILES string of the molecule is OC(C1=CCCCCC1)c1ccccn1. The Kier molecular flexibility index (Phi) is 3.51. The van der Waals surface area contributed by atoms with E-state index in [1.54, 1.807) is 6.20 Å². The fourth-order valence-corrected chi connectivity index (χ4v) is 2.02. The highest BCUT2D eigenvalue weighted by Crippen LogP contribution is 2.27. The lowest BCUT2D eigenvalue weighted by Crippen LogP contribution is -2.03. The van der Waals surface area contributed by atoms with Gasteiger partial charge in [-0.3, -0.25) is 4.98 Å². The molecule has 0 aromatic carbocycles. The summed E-state index contributed by atoms with van der Waals surface area (Å²) in [6, 6.07) is 5.68. The highest BCUT2D eigenvalue weighted by atomic mass is 16.3. The quantitative estimate of drug-likeness (QED) is 0.749. The molecule has 2 heteroatoms. The minimum atomic E-state index is -0.496. The van der Waals surface area contributed by atoms with Crippen LogP contribution in [0.1, 0.15) is 43.9 Å². The fraction of sp³-hybridized carbons (Fsp3) is 0.462. The molecule has 1 heterocycles. The number of aliphatic hydroxyl groups is 1. The number of nitrogens with zero attached hydrogens (tertiary/aromatic N) is 1. The molecule has 0 saturated carbocycles. The monoisotopic (exact) mass is 203 g/mol. The number of hydrogen-bond acceptors (Lipinski definition) is 2. The second-order valence-electron chi connectivity index (χ2n) is 4.04. The van der Waals surface area contributed by atoms with Gasteiger partial charge in [0.2, 0.25) is 0 Å². The summed E-state index contributed by atoms with van der Waals surface area (Å²) in [7, 11) is 0. The third kappa shape index (κ3) is 2.66. The smallest absolute Gasteiger partial charge is 0.117 e. The van der Waals surface area contributed by atoms with Gasteiger partial charge in [-0.25, -0.2) is 0 Å². The van der Waals surface area contributed by atoms with Crippen LogP contribution in [0.25, 0.3) is 0 Å². The first-order valence-corrected chi connectivity index (χ1v) is 5.66. The largest absolute Gasteiger partial charge is 0.382 e. The second kappa shape index (κ2) is 5.08. The highest BCUT2D eigenvalue weighted by molar-refractivity contribution is 5.20. The lowest BCUT2D eigenvalue weighted by atomic mass is 10.0. The summed E-state index contributed by atoms with van der Waals surface area (Å²) in [5.41, 5.74) is 1.91. The normalized spacial score (nSPS) is 19.1. The first kappa shape index (κ1) is 10.4. The molecule has 1 N–H and O–H groups in total. The van der Waals surface area contributed by atoms with Crippen LogP contribution in [0.4, 0.5) is 0 Å². The summed E-state index contributed by atoms with van der Waals surface area (Å²) in [6.07, 6.45) is 9.24. The number of rotatable bonds is 2. The third-order valence-corrected chi connectivity index (χ3v) is 2.90. The van der Waals surface area contributed by atoms with Crippen LogP contribution < -0.4 is 0 Å². The molecule has 1 unspecified atom stereocenters. The van der Waals surface area contributed by atoms with Gasteiger partial charge in [-0.05, 0) is 43.4 Å². The molecular formula is C13H17NO. The van der Waals surface area contributed by atoms with E-state index >= 15 is 0 Å². The Labute approximate surface area is 90.7 Å². The van der Waals surface area contributed by atoms with E-state index in [1.165, 1.54) is 19.3 Å². The van der Waals surface area contributed by atoms with Gasteiger partial charge in [-0.2, -0.15) is 0 Å². The van der Waals surface area contributed by atoms with Gasteiger partial charge < -0.3 is 5.11 Å². The average molecular weight is 203 g/mol. The maximum Gasteiger partial charge on any atom is 0.117 e. The molecule has 0 fully saturated rings. The van der Waals surface area contributed by atoms with Crippen molar-refractivity contribution < 1.29 is 5.11 Å². The minimum Gasteiger partial charge on any atom is -0.382 e. The van der Waals surface area contributed by atoms with Crippen LogP contribution in [0.3, 0.4) is 0 Å². The summed E-state index contributed by atoms with van der Waals surface area (Å²) in [6.45, 7) is 0. The maximum absolute atomic E-state index is 10.1. The molecular weight excluding hydrogens is 186 g/mol. The molecule has 1 aromatic rings. The first-order valence-electron chi connectivity index (χ1n) is 5.66. The van der Waals surface area contributed by atoms with Gasteiger partial charge in [0.05, 0.1) is 5.69 Å². The molecule has 15 heavy (non-hydrogen) atoms. The average Bonchev–Trinajstić information content (AvgIpc) is 2.58. The lowest BCUT2D eigenvalue weighted by Gasteiger charge is -2.13. The van der Waals surface area contributed by atoms with Gasteiger partial charge in [0.25, 0.3) is 0 Å². The summed E-state index contributed by atoms with van der Waals surface area (Å²) in [5, 5.41) is 10.1. The summed E-state index contributed by atoms with van der Waals surface area (Å²) in [5.74, 6) is 0. The van der Waals surface area contributed by atoms with Gasteiger partial charge in [0.15, 0.2) is 0 Å². The first-order chi connectivity index (χ1) is 7.38. The summed E-state index contributed by atoms with van der Waals surface area (Å²) >= 11 is 0. The molecule has 1 atom stereocenters. The molecule has 0 amide bonds. The van der Waals surface area contributed by atoms with E-state index in [2.05, 4.69) is 11.1 Å². The molecule has 80 valence electrons. The Balaban J connectivity index is 2.13. The zero-order chi connectivity index (χ0) is 10.5. The van der Waals surface area contributed by atoms with Gasteiger partial charge in [0, 0.05) is 6.20 Å². The van der Waals surface area contributed by atoms with Crippen molar-refractivity contribution in [2.24, 2.45) is 0 Å². The molecule has 0 aliphatic heterocycles. The maximum atomic E-state index is 10.1. The third-order valence-electron chi connectivity index (χ3n) is 2.90. The topological polar surface area (TPSA) is 33.1 Å². The van der Waals surface area contributed by atoms with Crippen molar-refractivity contribution in [1.82, 2.24) is 4.98 Å². The van der Waals surface area contributed by atoms with Crippen molar-refractivity contribution in [2.75, 3.05) is 0 Å². The van der Waals surface area contributed by atoms with E-state index in [1.807, 2.05) is 18.2 Å². The number of pyridine rings is 1. The number of aliphatic hydroxyl groups excluding tert-OH is 1. The molecule has 1 aliphatic rings. The molecule has 1 aliphatic carbocycles. The Morgan fingerprint density at radius 2 is 2.13 bits per heavy atom. The predicted molar refractivity (Wildman–Crippen MR) is 60.4 cm³/mol. The number of allylic oxidation sites excluding steroid dienone is 1. The molecule has 2 rings (SSSR count). The van der Waals surface area contributed by atoms with Crippen molar-refractivity contribution >= 4 is 0 Å². The number of aromatic nitrogens is 1. The molecule has 0 radical (unpaired) electrons. The Morgan fingerprint density at radius 3 is 2.93 bits per heavy atom. The van der Waals surface area contributed by atoms with Crippen LogP contribution in [-0.2, 0) is 0 Å². The minimum absolute atomic E-state index is 0.496. The summed E-state index contributed by atoms with van der Waals surface area (Å²) < 4.78 is 0. The van der Waals surface area contributed by atoms with Crippen LogP contribution >= 0.6 is 0 Å². The van der Waals surface area contributed by atoms with Gasteiger partial charge in [-0.1, -0.05) is 18.6 Å². The molecule has 1 aromatic heterocycles. The van der Waals surface area contributed by atoms with Gasteiger partial charge in [0.1, 0.15) is 6.10 Å². The summed E-state index contributed by atoms with van der Waals surface area (Å²) in [4.78, 5) is 4.19. The Morgan fingerprint density at radius 1 is 1.20 bits per heavy atom. The molecule has 0 spiro atoms. The molecule has 2 nitrogen and oxygen atoms in total. The van der Waals surface area contributed by atoms with Crippen LogP contribution in [0.15, 0.2) is 36.0 Å². The van der Waals surface area contributed by atoms with Crippen LogP contribution in [0.5, 0.6) is 0 Å². The van der Waals surface area contributed by atoms with Gasteiger partial charge in [-0.15, -0.1) is 0 Å². The van der Waals surface area contributed by atoms with E-state index < -0.39 is 6.10 Å². The molecule has 0 bridgehead atoms. The van der Waals surface area contributed by atoms with E-state index in [0.29, 0.717) is 0 Å². The fourth-order valence-electron chi connectivity index (χ4n) is 2.02. The van der Waals surface area contributed by atoms with Crippen molar-refractivity contribution in [1.29, 1.82) is 0 Å². The second-order valence-corrected chi connectivity index (χ2v) is 4.04. The Bertz CT molecular complexity index is 332. The lowest BCUT2D eigenvalue weighted by molar-refractivity contribution is 0.206. The van der Waals surface area contributed by atoms with Crippen molar-refractivity contribution in [3.63, 3.8) is 0 Å². The van der Waals surface area contributed by atoms with E-state index in [9.17, 15) is 5.11 Å². The highest BCUT2D eigenvalue weighted by Gasteiger charge is 2.15. The van der Waals surface area contributed by atoms with E-state index in [0.717, 1.165) is 24.1 Å². The standard InChI is InChI=1S/C13H17NO/c15-13(12-9-5-6-10-14-12)11-7-3-1-2-4-8-11/h5-7,9-10,13,15H,1-4,8H2. The van der Waals surface area contributed by atoms with Crippen LogP contribution in [0, 0.1) is 0 Å². The van der Waals surface area contributed by atoms with Crippen molar-refractivity contribution in [3.8, 4) is 0 Å². The van der Waals surface area contributed by atoms with E-state index in [4.69, 9.17) is 0 Å². The van der Waals surface area contributed by atoms with Crippen molar-refractivity contribution in [2.45, 2.75) is 38.2 Å². The zero-order valence-electron chi connectivity index (χ0n) is 8.89. The zero-order valence-corrected chi connectivity index (χ0v) is 8.89.